The van der Waals surface area contributed by atoms with E-state index in [-0.39, 0.29) is 6.09 Å². The average Bonchev–Trinajstić information content (AvgIpc) is 2.80. The Morgan fingerprint density at radius 1 is 0.955 bits per heavy atom. The normalized spacial score (nSPS) is 25.4. The van der Waals surface area contributed by atoms with Crippen molar-refractivity contribution in [2.75, 3.05) is 13.1 Å². The van der Waals surface area contributed by atoms with Crippen LogP contribution in [0.25, 0.3) is 0 Å². The molecule has 1 aliphatic heterocycles. The van der Waals surface area contributed by atoms with E-state index in [0.29, 0.717) is 12.1 Å². The summed E-state index contributed by atoms with van der Waals surface area (Å²) in [5, 5.41) is 3.84. The van der Waals surface area contributed by atoms with Gasteiger partial charge in [0.1, 0.15) is 5.60 Å². The first-order chi connectivity index (χ1) is 10.4. The number of likely N-dealkylation sites (tertiary alicyclic amines) is 1. The lowest BCUT2D eigenvalue weighted by Gasteiger charge is -2.30. The van der Waals surface area contributed by atoms with Gasteiger partial charge in [-0.15, -0.1) is 0 Å². The molecule has 0 aromatic rings. The van der Waals surface area contributed by atoms with Gasteiger partial charge in [-0.05, 0) is 46.5 Å². The fraction of sp³-hybridized carbons (Fsp3) is 0.944. The van der Waals surface area contributed by atoms with Crippen molar-refractivity contribution in [2.24, 2.45) is 0 Å². The van der Waals surface area contributed by atoms with Crippen molar-refractivity contribution < 1.29 is 9.53 Å². The van der Waals surface area contributed by atoms with E-state index in [4.69, 9.17) is 4.74 Å². The van der Waals surface area contributed by atoms with Crippen molar-refractivity contribution in [3.8, 4) is 0 Å². The van der Waals surface area contributed by atoms with E-state index < -0.39 is 5.60 Å². The van der Waals surface area contributed by atoms with Gasteiger partial charge in [0.25, 0.3) is 0 Å². The molecule has 1 unspecified atom stereocenters. The number of hydrogen-bond acceptors (Lipinski definition) is 3. The number of hydrogen-bond donors (Lipinski definition) is 1. The number of carbonyl (C=O) groups excluding carboxylic acids is 1. The van der Waals surface area contributed by atoms with E-state index >= 15 is 0 Å². The molecule has 2 rings (SSSR count). The van der Waals surface area contributed by atoms with Crippen LogP contribution in [-0.4, -0.2) is 41.8 Å². The quantitative estimate of drug-likeness (QED) is 0.781. The number of ether oxygens (including phenoxy) is 1. The molecule has 0 bridgehead atoms. The molecule has 1 saturated heterocycles. The Hall–Kier alpha value is -0.770. The van der Waals surface area contributed by atoms with Crippen LogP contribution in [0, 0.1) is 0 Å². The van der Waals surface area contributed by atoms with Crippen LogP contribution in [0.4, 0.5) is 4.79 Å². The summed E-state index contributed by atoms with van der Waals surface area (Å²) >= 11 is 0. The molecule has 1 atom stereocenters. The van der Waals surface area contributed by atoms with Crippen molar-refractivity contribution in [3.05, 3.63) is 0 Å². The summed E-state index contributed by atoms with van der Waals surface area (Å²) in [6.07, 6.45) is 11.4. The Morgan fingerprint density at radius 2 is 1.55 bits per heavy atom. The van der Waals surface area contributed by atoms with Crippen LogP contribution in [0.3, 0.4) is 0 Å². The third-order valence-electron chi connectivity index (χ3n) is 4.65. The van der Waals surface area contributed by atoms with E-state index in [9.17, 15) is 4.79 Å². The number of carbonyl (C=O) groups is 1. The Kier molecular flexibility index (Phi) is 6.54. The SMILES string of the molecule is CC(C)(C)OC(=O)N1CCCCC(NC2CCCCCC2)C1. The molecule has 128 valence electrons. The summed E-state index contributed by atoms with van der Waals surface area (Å²) in [5.41, 5.74) is -0.409. The van der Waals surface area contributed by atoms with Gasteiger partial charge in [0, 0.05) is 25.2 Å². The molecular weight excluding hydrogens is 276 g/mol. The minimum atomic E-state index is -0.409. The molecule has 4 heteroatoms. The Labute approximate surface area is 136 Å². The zero-order valence-corrected chi connectivity index (χ0v) is 14.7. The predicted octanol–water partition coefficient (Wildman–Crippen LogP) is 4.09. The van der Waals surface area contributed by atoms with E-state index in [2.05, 4.69) is 5.32 Å². The molecule has 1 amide bonds. The summed E-state index contributed by atoms with van der Waals surface area (Å²) in [6.45, 7) is 7.43. The summed E-state index contributed by atoms with van der Waals surface area (Å²) < 4.78 is 5.55. The first-order valence-electron chi connectivity index (χ1n) is 9.18. The minimum Gasteiger partial charge on any atom is -0.444 e. The van der Waals surface area contributed by atoms with Crippen molar-refractivity contribution in [3.63, 3.8) is 0 Å². The highest BCUT2D eigenvalue weighted by Crippen LogP contribution is 2.20. The number of nitrogens with zero attached hydrogens (tertiary/aromatic N) is 1. The first-order valence-corrected chi connectivity index (χ1v) is 9.18. The van der Waals surface area contributed by atoms with Crippen molar-refractivity contribution in [1.29, 1.82) is 0 Å². The number of rotatable bonds is 2. The zero-order valence-electron chi connectivity index (χ0n) is 14.7. The lowest BCUT2D eigenvalue weighted by Crippen LogP contribution is -2.47. The van der Waals surface area contributed by atoms with Gasteiger partial charge in [0.2, 0.25) is 0 Å². The highest BCUT2D eigenvalue weighted by atomic mass is 16.6. The molecule has 1 N–H and O–H groups in total. The average molecular weight is 310 g/mol. The molecule has 1 heterocycles. The summed E-state index contributed by atoms with van der Waals surface area (Å²) in [6, 6.07) is 1.07. The van der Waals surface area contributed by atoms with Gasteiger partial charge >= 0.3 is 6.09 Å². The Bertz CT molecular complexity index is 343. The highest BCUT2D eigenvalue weighted by Gasteiger charge is 2.27. The maximum atomic E-state index is 12.3. The monoisotopic (exact) mass is 310 g/mol. The minimum absolute atomic E-state index is 0.151. The summed E-state index contributed by atoms with van der Waals surface area (Å²) in [5.74, 6) is 0. The molecule has 4 nitrogen and oxygen atoms in total. The summed E-state index contributed by atoms with van der Waals surface area (Å²) in [7, 11) is 0. The smallest absolute Gasteiger partial charge is 0.410 e. The lowest BCUT2D eigenvalue weighted by atomic mass is 10.1. The van der Waals surface area contributed by atoms with Gasteiger partial charge in [-0.2, -0.15) is 0 Å². The molecule has 0 radical (unpaired) electrons. The molecule has 0 spiro atoms. The fourth-order valence-electron chi connectivity index (χ4n) is 3.55. The Balaban J connectivity index is 1.87. The predicted molar refractivity (Wildman–Crippen MR) is 90.1 cm³/mol. The maximum Gasteiger partial charge on any atom is 0.410 e. The molecule has 2 fully saturated rings. The van der Waals surface area contributed by atoms with E-state index in [1.807, 2.05) is 25.7 Å². The van der Waals surface area contributed by atoms with Gasteiger partial charge in [0.15, 0.2) is 0 Å². The fourth-order valence-corrected chi connectivity index (χ4v) is 3.55. The first kappa shape index (κ1) is 17.6. The highest BCUT2D eigenvalue weighted by molar-refractivity contribution is 5.68. The third-order valence-corrected chi connectivity index (χ3v) is 4.65. The van der Waals surface area contributed by atoms with Crippen LogP contribution in [0.5, 0.6) is 0 Å². The molecular formula is C18H34N2O2. The van der Waals surface area contributed by atoms with Gasteiger partial charge < -0.3 is 15.0 Å². The van der Waals surface area contributed by atoms with Gasteiger partial charge in [-0.1, -0.05) is 32.1 Å². The van der Waals surface area contributed by atoms with Crippen molar-refractivity contribution in [1.82, 2.24) is 10.2 Å². The molecule has 1 saturated carbocycles. The van der Waals surface area contributed by atoms with Crippen LogP contribution in [0.1, 0.15) is 78.6 Å². The largest absolute Gasteiger partial charge is 0.444 e. The van der Waals surface area contributed by atoms with Crippen LogP contribution < -0.4 is 5.32 Å². The van der Waals surface area contributed by atoms with Crippen molar-refractivity contribution in [2.45, 2.75) is 96.2 Å². The Morgan fingerprint density at radius 3 is 2.18 bits per heavy atom. The van der Waals surface area contributed by atoms with Crippen LogP contribution in [-0.2, 0) is 4.74 Å². The number of amides is 1. The second kappa shape index (κ2) is 8.19. The van der Waals surface area contributed by atoms with Crippen LogP contribution >= 0.6 is 0 Å². The molecule has 0 aromatic carbocycles. The molecule has 0 aromatic heterocycles. The second-order valence-electron chi connectivity index (χ2n) is 7.97. The van der Waals surface area contributed by atoms with Gasteiger partial charge in [0.05, 0.1) is 0 Å². The van der Waals surface area contributed by atoms with Gasteiger partial charge in [-0.3, -0.25) is 0 Å². The standard InChI is InChI=1S/C18H34N2O2/c1-18(2,3)22-17(21)20-13-9-8-12-16(14-20)19-15-10-6-4-5-7-11-15/h15-16,19H,4-14H2,1-3H3. The molecule has 1 aliphatic carbocycles. The third kappa shape index (κ3) is 6.15. The van der Waals surface area contributed by atoms with Crippen LogP contribution in [0.15, 0.2) is 0 Å². The lowest BCUT2D eigenvalue weighted by molar-refractivity contribution is 0.0241. The van der Waals surface area contributed by atoms with E-state index in [0.717, 1.165) is 19.5 Å². The second-order valence-corrected chi connectivity index (χ2v) is 7.97. The summed E-state index contributed by atoms with van der Waals surface area (Å²) in [4.78, 5) is 14.2. The van der Waals surface area contributed by atoms with E-state index in [1.165, 1.54) is 51.4 Å². The van der Waals surface area contributed by atoms with Crippen molar-refractivity contribution >= 4 is 6.09 Å². The van der Waals surface area contributed by atoms with E-state index in [1.54, 1.807) is 0 Å². The topological polar surface area (TPSA) is 41.6 Å². The number of nitrogens with one attached hydrogen (secondary N) is 1. The van der Waals surface area contributed by atoms with Crippen LogP contribution in [0.2, 0.25) is 0 Å². The molecule has 2 aliphatic rings. The zero-order chi connectivity index (χ0) is 16.0. The maximum absolute atomic E-state index is 12.3. The van der Waals surface area contributed by atoms with Gasteiger partial charge in [-0.25, -0.2) is 4.79 Å². The molecule has 22 heavy (non-hydrogen) atoms.